The number of nitrogens with zero attached hydrogens (tertiary/aromatic N) is 2. The van der Waals surface area contributed by atoms with Gasteiger partial charge >= 0.3 is 0 Å². The lowest BCUT2D eigenvalue weighted by molar-refractivity contribution is -0.119. The number of nitrogens with one attached hydrogen (secondary N) is 1. The lowest BCUT2D eigenvalue weighted by Gasteiger charge is -2.31. The molecule has 6 nitrogen and oxygen atoms in total. The van der Waals surface area contributed by atoms with Crippen LogP contribution in [-0.2, 0) is 21.2 Å². The number of hydrogen-bond acceptors (Lipinski definition) is 4. The lowest BCUT2D eigenvalue weighted by atomic mass is 10.0. The van der Waals surface area contributed by atoms with Crippen LogP contribution in [0.4, 0.5) is 11.4 Å². The SMILES string of the molecule is Cc1cccc(C)c1N(CC(=O)NCCCN1CCCc2ccccc21)S(C)(=O)=O. The molecule has 0 unspecified atom stereocenters. The number of carbonyl (C=O) groups excluding carboxylic acids is 1. The first-order valence-electron chi connectivity index (χ1n) is 10.4. The van der Waals surface area contributed by atoms with E-state index in [4.69, 9.17) is 0 Å². The van der Waals surface area contributed by atoms with Crippen LogP contribution < -0.4 is 14.5 Å². The van der Waals surface area contributed by atoms with Crippen molar-refractivity contribution in [1.29, 1.82) is 0 Å². The molecule has 2 aromatic carbocycles. The second kappa shape index (κ2) is 9.51. The predicted octanol–water partition coefficient (Wildman–Crippen LogP) is 3.03. The van der Waals surface area contributed by atoms with Crippen LogP contribution in [0.5, 0.6) is 0 Å². The molecule has 0 spiro atoms. The third kappa shape index (κ3) is 5.33. The van der Waals surface area contributed by atoms with Gasteiger partial charge in [0.25, 0.3) is 0 Å². The maximum atomic E-state index is 12.5. The lowest BCUT2D eigenvalue weighted by Crippen LogP contribution is -2.41. The van der Waals surface area contributed by atoms with E-state index in [9.17, 15) is 13.2 Å². The number of amides is 1. The quantitative estimate of drug-likeness (QED) is 0.655. The summed E-state index contributed by atoms with van der Waals surface area (Å²) in [5.74, 6) is -0.290. The zero-order valence-corrected chi connectivity index (χ0v) is 18.8. The van der Waals surface area contributed by atoms with Gasteiger partial charge in [0.05, 0.1) is 11.9 Å². The number of benzene rings is 2. The Kier molecular flexibility index (Phi) is 7.02. The van der Waals surface area contributed by atoms with Crippen LogP contribution in [0.25, 0.3) is 0 Å². The Morgan fingerprint density at radius 3 is 2.50 bits per heavy atom. The van der Waals surface area contributed by atoms with E-state index in [-0.39, 0.29) is 12.5 Å². The van der Waals surface area contributed by atoms with Gasteiger partial charge in [0.1, 0.15) is 6.54 Å². The maximum absolute atomic E-state index is 12.5. The number of aryl methyl sites for hydroxylation is 3. The second-order valence-corrected chi connectivity index (χ2v) is 9.84. The maximum Gasteiger partial charge on any atom is 0.240 e. The molecule has 0 radical (unpaired) electrons. The summed E-state index contributed by atoms with van der Waals surface area (Å²) in [7, 11) is -3.57. The van der Waals surface area contributed by atoms with Crippen molar-refractivity contribution in [3.05, 3.63) is 59.2 Å². The minimum absolute atomic E-state index is 0.211. The van der Waals surface area contributed by atoms with Gasteiger partial charge in [0.2, 0.25) is 15.9 Å². The molecule has 0 bridgehead atoms. The molecular formula is C23H31N3O3S. The first kappa shape index (κ1) is 22.2. The Hall–Kier alpha value is -2.54. The van der Waals surface area contributed by atoms with Crippen molar-refractivity contribution in [2.75, 3.05) is 41.6 Å². The van der Waals surface area contributed by atoms with E-state index < -0.39 is 10.0 Å². The van der Waals surface area contributed by atoms with Gasteiger partial charge in [0.15, 0.2) is 0 Å². The molecule has 1 amide bonds. The van der Waals surface area contributed by atoms with Gasteiger partial charge in [-0.3, -0.25) is 9.10 Å². The highest BCUT2D eigenvalue weighted by Crippen LogP contribution is 2.27. The van der Waals surface area contributed by atoms with Crippen molar-refractivity contribution in [3.8, 4) is 0 Å². The standard InChI is InChI=1S/C23H31N3O3S/c1-18-9-6-10-19(2)23(18)26(30(3,28)29)17-22(27)24-14-8-16-25-15-7-12-20-11-4-5-13-21(20)25/h4-6,9-11,13H,7-8,12,14-17H2,1-3H3,(H,24,27). The van der Waals surface area contributed by atoms with E-state index >= 15 is 0 Å². The highest BCUT2D eigenvalue weighted by molar-refractivity contribution is 7.92. The van der Waals surface area contributed by atoms with Crippen molar-refractivity contribution >= 4 is 27.3 Å². The van der Waals surface area contributed by atoms with Gasteiger partial charge in [0, 0.05) is 25.3 Å². The summed E-state index contributed by atoms with van der Waals surface area (Å²) in [6.07, 6.45) is 4.20. The summed E-state index contributed by atoms with van der Waals surface area (Å²) < 4.78 is 25.9. The van der Waals surface area contributed by atoms with Gasteiger partial charge in [-0.05, 0) is 55.9 Å². The van der Waals surface area contributed by atoms with E-state index in [1.165, 1.54) is 15.6 Å². The molecule has 7 heteroatoms. The molecule has 0 saturated heterocycles. The Labute approximate surface area is 179 Å². The minimum atomic E-state index is -3.57. The third-order valence-electron chi connectivity index (χ3n) is 5.51. The Balaban J connectivity index is 1.56. The second-order valence-electron chi connectivity index (χ2n) is 7.93. The van der Waals surface area contributed by atoms with Crippen molar-refractivity contribution in [2.24, 2.45) is 0 Å². The van der Waals surface area contributed by atoms with Gasteiger partial charge in [-0.1, -0.05) is 36.4 Å². The molecule has 30 heavy (non-hydrogen) atoms. The fourth-order valence-electron chi connectivity index (χ4n) is 4.09. The number of rotatable bonds is 8. The van der Waals surface area contributed by atoms with E-state index in [1.54, 1.807) is 0 Å². The summed E-state index contributed by atoms with van der Waals surface area (Å²) in [6, 6.07) is 14.1. The number of anilines is 2. The Morgan fingerprint density at radius 1 is 1.10 bits per heavy atom. The van der Waals surface area contributed by atoms with E-state index in [0.717, 1.165) is 49.7 Å². The normalized spacial score (nSPS) is 13.6. The molecule has 1 N–H and O–H groups in total. The number of hydrogen-bond donors (Lipinski definition) is 1. The first-order chi connectivity index (χ1) is 14.3. The summed E-state index contributed by atoms with van der Waals surface area (Å²) in [6.45, 7) is 5.91. The van der Waals surface area contributed by atoms with Crippen LogP contribution >= 0.6 is 0 Å². The highest BCUT2D eigenvalue weighted by atomic mass is 32.2. The van der Waals surface area contributed by atoms with Crippen LogP contribution in [-0.4, -0.2) is 46.8 Å². The molecule has 0 saturated carbocycles. The van der Waals surface area contributed by atoms with Crippen LogP contribution in [0.1, 0.15) is 29.5 Å². The molecule has 0 fully saturated rings. The monoisotopic (exact) mass is 429 g/mol. The van der Waals surface area contributed by atoms with Crippen molar-refractivity contribution in [1.82, 2.24) is 5.32 Å². The summed E-state index contributed by atoms with van der Waals surface area (Å²) in [4.78, 5) is 14.9. The molecule has 0 aromatic heterocycles. The summed E-state index contributed by atoms with van der Waals surface area (Å²) in [5, 5.41) is 2.89. The molecule has 1 heterocycles. The summed E-state index contributed by atoms with van der Waals surface area (Å²) in [5.41, 5.74) is 4.91. The van der Waals surface area contributed by atoms with Crippen molar-refractivity contribution in [3.63, 3.8) is 0 Å². The number of para-hydroxylation sites is 2. The van der Waals surface area contributed by atoms with Gasteiger partial charge in [-0.25, -0.2) is 8.42 Å². The van der Waals surface area contributed by atoms with Crippen LogP contribution in [0.3, 0.4) is 0 Å². The molecule has 1 aliphatic heterocycles. The fraction of sp³-hybridized carbons (Fsp3) is 0.435. The summed E-state index contributed by atoms with van der Waals surface area (Å²) >= 11 is 0. The Morgan fingerprint density at radius 2 is 1.80 bits per heavy atom. The smallest absolute Gasteiger partial charge is 0.240 e. The van der Waals surface area contributed by atoms with E-state index in [0.29, 0.717) is 12.2 Å². The molecular weight excluding hydrogens is 398 g/mol. The van der Waals surface area contributed by atoms with Crippen molar-refractivity contribution < 1.29 is 13.2 Å². The molecule has 2 aromatic rings. The Bertz CT molecular complexity index is 984. The molecule has 162 valence electrons. The molecule has 0 aliphatic carbocycles. The largest absolute Gasteiger partial charge is 0.371 e. The minimum Gasteiger partial charge on any atom is -0.371 e. The van der Waals surface area contributed by atoms with Gasteiger partial charge in [-0.2, -0.15) is 0 Å². The topological polar surface area (TPSA) is 69.7 Å². The van der Waals surface area contributed by atoms with Gasteiger partial charge < -0.3 is 10.2 Å². The van der Waals surface area contributed by atoms with E-state index in [1.807, 2.05) is 32.0 Å². The molecule has 3 rings (SSSR count). The number of carbonyl (C=O) groups is 1. The highest BCUT2D eigenvalue weighted by Gasteiger charge is 2.23. The number of sulfonamides is 1. The zero-order chi connectivity index (χ0) is 21.7. The van der Waals surface area contributed by atoms with Crippen molar-refractivity contribution in [2.45, 2.75) is 33.1 Å². The predicted molar refractivity (Wildman–Crippen MR) is 123 cm³/mol. The van der Waals surface area contributed by atoms with Gasteiger partial charge in [-0.15, -0.1) is 0 Å². The fourth-order valence-corrected chi connectivity index (χ4v) is 5.06. The average Bonchev–Trinajstić information content (AvgIpc) is 2.69. The number of fused-ring (bicyclic) bond motifs is 1. The molecule has 1 aliphatic rings. The van der Waals surface area contributed by atoms with E-state index in [2.05, 4.69) is 34.5 Å². The van der Waals surface area contributed by atoms with Crippen LogP contribution in [0.2, 0.25) is 0 Å². The third-order valence-corrected chi connectivity index (χ3v) is 6.62. The van der Waals surface area contributed by atoms with Crippen LogP contribution in [0.15, 0.2) is 42.5 Å². The first-order valence-corrected chi connectivity index (χ1v) is 12.3. The zero-order valence-electron chi connectivity index (χ0n) is 18.0. The average molecular weight is 430 g/mol. The molecule has 0 atom stereocenters. The van der Waals surface area contributed by atoms with Crippen LogP contribution in [0, 0.1) is 13.8 Å².